The van der Waals surface area contributed by atoms with E-state index in [4.69, 9.17) is 4.74 Å². The monoisotopic (exact) mass is 290 g/mol. The van der Waals surface area contributed by atoms with Gasteiger partial charge in [0.1, 0.15) is 5.60 Å². The average Bonchev–Trinajstić information content (AvgIpc) is 2.46. The number of sulfonamides is 1. The number of carbonyl (C=O) groups excluding carboxylic acids is 1. The predicted molar refractivity (Wildman–Crippen MR) is 71.2 cm³/mol. The lowest BCUT2D eigenvalue weighted by molar-refractivity contribution is 0.0255. The standard InChI is InChI=1S/C12H22N2O4S/c1-12(2,3)18-11(15)14-6-4-9-8-13-19(16,17)10(9)5-7-14/h9-10,13H,4-8H2,1-3H3/t9-,10-/m1/s1. The highest BCUT2D eigenvalue weighted by Crippen LogP contribution is 2.28. The van der Waals surface area contributed by atoms with Gasteiger partial charge in [0.25, 0.3) is 0 Å². The van der Waals surface area contributed by atoms with Gasteiger partial charge < -0.3 is 9.64 Å². The number of ether oxygens (including phenoxy) is 1. The molecule has 2 fully saturated rings. The van der Waals surface area contributed by atoms with E-state index in [9.17, 15) is 13.2 Å². The normalized spacial score (nSPS) is 30.6. The average molecular weight is 290 g/mol. The van der Waals surface area contributed by atoms with E-state index >= 15 is 0 Å². The van der Waals surface area contributed by atoms with Crippen LogP contribution in [0.25, 0.3) is 0 Å². The molecule has 2 aliphatic heterocycles. The van der Waals surface area contributed by atoms with Crippen LogP contribution in [-0.4, -0.2) is 49.9 Å². The number of rotatable bonds is 0. The van der Waals surface area contributed by atoms with Crippen LogP contribution in [0.15, 0.2) is 0 Å². The van der Waals surface area contributed by atoms with Crippen molar-refractivity contribution in [2.24, 2.45) is 5.92 Å². The fourth-order valence-corrected chi connectivity index (χ4v) is 4.43. The van der Waals surface area contributed by atoms with E-state index in [1.165, 1.54) is 0 Å². The van der Waals surface area contributed by atoms with Crippen molar-refractivity contribution < 1.29 is 17.9 Å². The molecular weight excluding hydrogens is 268 g/mol. The molecule has 19 heavy (non-hydrogen) atoms. The van der Waals surface area contributed by atoms with Crippen LogP contribution in [0.3, 0.4) is 0 Å². The van der Waals surface area contributed by atoms with Crippen LogP contribution in [0.1, 0.15) is 33.6 Å². The molecule has 0 aromatic heterocycles. The molecular formula is C12H22N2O4S. The summed E-state index contributed by atoms with van der Waals surface area (Å²) in [5.41, 5.74) is -0.521. The highest BCUT2D eigenvalue weighted by molar-refractivity contribution is 7.90. The summed E-state index contributed by atoms with van der Waals surface area (Å²) in [5.74, 6) is 0.109. The maximum Gasteiger partial charge on any atom is 0.410 e. The summed E-state index contributed by atoms with van der Waals surface area (Å²) in [6, 6.07) is 0. The van der Waals surface area contributed by atoms with Gasteiger partial charge in [-0.15, -0.1) is 0 Å². The van der Waals surface area contributed by atoms with E-state index in [0.29, 0.717) is 32.5 Å². The first-order chi connectivity index (χ1) is 8.69. The van der Waals surface area contributed by atoms with Crippen LogP contribution >= 0.6 is 0 Å². The number of nitrogens with zero attached hydrogens (tertiary/aromatic N) is 1. The highest BCUT2D eigenvalue weighted by atomic mass is 32.2. The lowest BCUT2D eigenvalue weighted by Crippen LogP contribution is -2.38. The van der Waals surface area contributed by atoms with Gasteiger partial charge in [0.05, 0.1) is 5.25 Å². The van der Waals surface area contributed by atoms with Crippen LogP contribution in [0.4, 0.5) is 4.79 Å². The van der Waals surface area contributed by atoms with Crippen molar-refractivity contribution in [3.8, 4) is 0 Å². The lowest BCUT2D eigenvalue weighted by atomic mass is 10.0. The first kappa shape index (κ1) is 14.6. The predicted octanol–water partition coefficient (Wildman–Crippen LogP) is 0.935. The number of hydrogen-bond acceptors (Lipinski definition) is 4. The van der Waals surface area contributed by atoms with Crippen LogP contribution in [0, 0.1) is 5.92 Å². The summed E-state index contributed by atoms with van der Waals surface area (Å²) >= 11 is 0. The van der Waals surface area contributed by atoms with Gasteiger partial charge in [-0.05, 0) is 39.5 Å². The van der Waals surface area contributed by atoms with Crippen LogP contribution < -0.4 is 4.72 Å². The van der Waals surface area contributed by atoms with Gasteiger partial charge >= 0.3 is 6.09 Å². The Bertz CT molecular complexity index is 455. The van der Waals surface area contributed by atoms with E-state index in [2.05, 4.69) is 4.72 Å². The van der Waals surface area contributed by atoms with Gasteiger partial charge in [0.2, 0.25) is 10.0 Å². The Morgan fingerprint density at radius 2 is 1.89 bits per heavy atom. The van der Waals surface area contributed by atoms with Gasteiger partial charge in [-0.2, -0.15) is 0 Å². The largest absolute Gasteiger partial charge is 0.444 e. The van der Waals surface area contributed by atoms with Gasteiger partial charge in [-0.25, -0.2) is 17.9 Å². The Morgan fingerprint density at radius 3 is 2.53 bits per heavy atom. The second-order valence-electron chi connectivity index (χ2n) is 6.24. The van der Waals surface area contributed by atoms with Crippen LogP contribution in [0.5, 0.6) is 0 Å². The molecule has 110 valence electrons. The van der Waals surface area contributed by atoms with Crippen molar-refractivity contribution in [2.45, 2.75) is 44.5 Å². The van der Waals surface area contributed by atoms with Crippen LogP contribution in [-0.2, 0) is 14.8 Å². The van der Waals surface area contributed by atoms with Crippen molar-refractivity contribution in [1.29, 1.82) is 0 Å². The molecule has 0 aliphatic carbocycles. The zero-order valence-electron chi connectivity index (χ0n) is 11.7. The summed E-state index contributed by atoms with van der Waals surface area (Å²) < 4.78 is 31.5. The molecule has 0 radical (unpaired) electrons. The summed E-state index contributed by atoms with van der Waals surface area (Å²) in [4.78, 5) is 13.6. The molecule has 2 heterocycles. The third-order valence-corrected chi connectivity index (χ3v) is 5.56. The topological polar surface area (TPSA) is 75.7 Å². The van der Waals surface area contributed by atoms with Gasteiger partial charge in [0, 0.05) is 19.6 Å². The van der Waals surface area contributed by atoms with Crippen molar-refractivity contribution in [3.05, 3.63) is 0 Å². The molecule has 2 rings (SSSR count). The minimum atomic E-state index is -3.18. The zero-order valence-corrected chi connectivity index (χ0v) is 12.5. The number of carbonyl (C=O) groups is 1. The maximum atomic E-state index is 12.0. The maximum absolute atomic E-state index is 12.0. The minimum absolute atomic E-state index is 0.109. The first-order valence-corrected chi connectivity index (χ1v) is 8.20. The van der Waals surface area contributed by atoms with Crippen molar-refractivity contribution in [3.63, 3.8) is 0 Å². The Kier molecular flexibility index (Phi) is 3.79. The quantitative estimate of drug-likeness (QED) is 0.720. The molecule has 6 nitrogen and oxygen atoms in total. The van der Waals surface area contributed by atoms with Crippen molar-refractivity contribution >= 4 is 16.1 Å². The number of fused-ring (bicyclic) bond motifs is 1. The Hall–Kier alpha value is -0.820. The molecule has 0 bridgehead atoms. The van der Waals surface area contributed by atoms with Gasteiger partial charge in [-0.1, -0.05) is 0 Å². The molecule has 1 N–H and O–H groups in total. The van der Waals surface area contributed by atoms with Gasteiger partial charge in [0.15, 0.2) is 0 Å². The smallest absolute Gasteiger partial charge is 0.410 e. The molecule has 7 heteroatoms. The molecule has 0 saturated carbocycles. The Balaban J connectivity index is 2.00. The number of likely N-dealkylation sites (tertiary alicyclic amines) is 1. The zero-order chi connectivity index (χ0) is 14.3. The number of amides is 1. The summed E-state index contributed by atoms with van der Waals surface area (Å²) in [7, 11) is -3.18. The second-order valence-corrected chi connectivity index (χ2v) is 8.22. The van der Waals surface area contributed by atoms with Crippen molar-refractivity contribution in [2.75, 3.05) is 19.6 Å². The molecule has 0 spiro atoms. The molecule has 2 aliphatic rings. The third-order valence-electron chi connectivity index (χ3n) is 3.58. The molecule has 1 amide bonds. The Morgan fingerprint density at radius 1 is 1.26 bits per heavy atom. The third kappa shape index (κ3) is 3.39. The fraction of sp³-hybridized carbons (Fsp3) is 0.917. The molecule has 2 atom stereocenters. The van der Waals surface area contributed by atoms with Crippen LogP contribution in [0.2, 0.25) is 0 Å². The molecule has 0 aromatic carbocycles. The molecule has 0 aromatic rings. The minimum Gasteiger partial charge on any atom is -0.444 e. The summed E-state index contributed by atoms with van der Waals surface area (Å²) in [6.07, 6.45) is 0.841. The second kappa shape index (κ2) is 4.94. The lowest BCUT2D eigenvalue weighted by Gasteiger charge is -2.26. The van der Waals surface area contributed by atoms with E-state index in [-0.39, 0.29) is 17.3 Å². The van der Waals surface area contributed by atoms with Gasteiger partial charge in [-0.3, -0.25) is 0 Å². The number of hydrogen-bond donors (Lipinski definition) is 1. The number of nitrogens with one attached hydrogen (secondary N) is 1. The molecule has 2 saturated heterocycles. The summed E-state index contributed by atoms with van der Waals surface area (Å²) in [6.45, 7) is 6.98. The van der Waals surface area contributed by atoms with E-state index < -0.39 is 15.6 Å². The van der Waals surface area contributed by atoms with E-state index in [0.717, 1.165) is 0 Å². The first-order valence-electron chi connectivity index (χ1n) is 6.65. The SMILES string of the molecule is CC(C)(C)OC(=O)N1CC[C@@H]2CNS(=O)(=O)[C@@H]2CC1. The highest BCUT2D eigenvalue weighted by Gasteiger charge is 2.42. The van der Waals surface area contributed by atoms with E-state index in [1.54, 1.807) is 4.90 Å². The fourth-order valence-electron chi connectivity index (χ4n) is 2.62. The Labute approximate surface area is 114 Å². The summed E-state index contributed by atoms with van der Waals surface area (Å²) in [5, 5.41) is -0.361. The van der Waals surface area contributed by atoms with Crippen molar-refractivity contribution in [1.82, 2.24) is 9.62 Å². The van der Waals surface area contributed by atoms with E-state index in [1.807, 2.05) is 20.8 Å². The molecule has 0 unspecified atom stereocenters.